The Morgan fingerprint density at radius 1 is 1.22 bits per heavy atom. The Morgan fingerprint density at radius 2 is 1.89 bits per heavy atom. The van der Waals surface area contributed by atoms with Gasteiger partial charge < -0.3 is 10.6 Å². The molecule has 6 heteroatoms. The van der Waals surface area contributed by atoms with Crippen LogP contribution in [0.25, 0.3) is 0 Å². The Kier molecular flexibility index (Phi) is 4.01. The highest BCUT2D eigenvalue weighted by Gasteiger charge is 2.27. The summed E-state index contributed by atoms with van der Waals surface area (Å²) in [6.45, 7) is 3.00. The van der Waals surface area contributed by atoms with Gasteiger partial charge in [0, 0.05) is 32.7 Å². The van der Waals surface area contributed by atoms with E-state index in [0.717, 1.165) is 18.7 Å². The summed E-state index contributed by atoms with van der Waals surface area (Å²) in [5, 5.41) is 0. The molecule has 0 amide bonds. The van der Waals surface area contributed by atoms with Crippen LogP contribution in [0.4, 0.5) is 0 Å². The number of piperazine rings is 1. The summed E-state index contributed by atoms with van der Waals surface area (Å²) in [6.07, 6.45) is 0. The minimum atomic E-state index is -3.37. The maximum absolute atomic E-state index is 12.4. The molecule has 5 nitrogen and oxygen atoms in total. The van der Waals surface area contributed by atoms with Crippen LogP contribution in [0.5, 0.6) is 0 Å². The first-order valence-electron chi connectivity index (χ1n) is 6.02. The van der Waals surface area contributed by atoms with Crippen molar-refractivity contribution in [3.63, 3.8) is 0 Å². The Hall–Kier alpha value is -0.950. The van der Waals surface area contributed by atoms with Gasteiger partial charge in [0.2, 0.25) is 10.0 Å². The second-order valence-corrected chi connectivity index (χ2v) is 6.50. The largest absolute Gasteiger partial charge is 0.326 e. The molecule has 0 unspecified atom stereocenters. The van der Waals surface area contributed by atoms with Crippen molar-refractivity contribution < 1.29 is 8.42 Å². The van der Waals surface area contributed by atoms with Gasteiger partial charge in [0.05, 0.1) is 4.90 Å². The molecule has 0 spiro atoms. The summed E-state index contributed by atoms with van der Waals surface area (Å²) >= 11 is 0. The molecule has 0 saturated carbocycles. The van der Waals surface area contributed by atoms with E-state index in [2.05, 4.69) is 4.90 Å². The van der Waals surface area contributed by atoms with Crippen LogP contribution in [0, 0.1) is 0 Å². The lowest BCUT2D eigenvalue weighted by Crippen LogP contribution is -2.47. The number of sulfonamides is 1. The lowest BCUT2D eigenvalue weighted by molar-refractivity contribution is 0.222. The van der Waals surface area contributed by atoms with Gasteiger partial charge in [-0.25, -0.2) is 8.42 Å². The van der Waals surface area contributed by atoms with Crippen LogP contribution in [-0.2, 0) is 16.6 Å². The highest BCUT2D eigenvalue weighted by atomic mass is 32.2. The van der Waals surface area contributed by atoms with E-state index in [-0.39, 0.29) is 0 Å². The number of nitrogens with zero attached hydrogens (tertiary/aromatic N) is 2. The second-order valence-electron chi connectivity index (χ2n) is 4.56. The second kappa shape index (κ2) is 5.36. The maximum atomic E-state index is 12.4. The molecule has 0 aliphatic carbocycles. The van der Waals surface area contributed by atoms with Gasteiger partial charge in [-0.1, -0.05) is 12.1 Å². The molecule has 18 heavy (non-hydrogen) atoms. The highest BCUT2D eigenvalue weighted by molar-refractivity contribution is 7.89. The van der Waals surface area contributed by atoms with Crippen LogP contribution in [-0.4, -0.2) is 50.8 Å². The summed E-state index contributed by atoms with van der Waals surface area (Å²) in [7, 11) is -1.37. The lowest BCUT2D eigenvalue weighted by Gasteiger charge is -2.31. The molecule has 1 aliphatic heterocycles. The molecule has 1 saturated heterocycles. The lowest BCUT2D eigenvalue weighted by atomic mass is 10.2. The molecule has 1 aliphatic rings. The van der Waals surface area contributed by atoms with Crippen molar-refractivity contribution in [2.75, 3.05) is 33.2 Å². The molecule has 2 rings (SSSR count). The van der Waals surface area contributed by atoms with Gasteiger partial charge in [0.25, 0.3) is 0 Å². The molecule has 100 valence electrons. The van der Waals surface area contributed by atoms with Crippen molar-refractivity contribution in [1.82, 2.24) is 9.21 Å². The van der Waals surface area contributed by atoms with E-state index in [4.69, 9.17) is 5.73 Å². The van der Waals surface area contributed by atoms with E-state index in [0.29, 0.717) is 24.5 Å². The molecule has 0 bridgehead atoms. The van der Waals surface area contributed by atoms with E-state index in [1.807, 2.05) is 13.1 Å². The normalized spacial score (nSPS) is 19.0. The average molecular weight is 269 g/mol. The molecule has 0 radical (unpaired) electrons. The van der Waals surface area contributed by atoms with Crippen LogP contribution in [0.2, 0.25) is 0 Å². The quantitative estimate of drug-likeness (QED) is 0.844. The van der Waals surface area contributed by atoms with E-state index in [9.17, 15) is 8.42 Å². The molecule has 2 N–H and O–H groups in total. The van der Waals surface area contributed by atoms with Crippen molar-refractivity contribution in [2.45, 2.75) is 11.4 Å². The monoisotopic (exact) mass is 269 g/mol. The first kappa shape index (κ1) is 13.5. The Bertz CT molecular complexity index is 508. The van der Waals surface area contributed by atoms with Gasteiger partial charge in [-0.2, -0.15) is 4.31 Å². The number of nitrogens with two attached hydrogens (primary N) is 1. The number of benzene rings is 1. The minimum absolute atomic E-state index is 0.343. The van der Waals surface area contributed by atoms with Crippen molar-refractivity contribution in [3.8, 4) is 0 Å². The fourth-order valence-electron chi connectivity index (χ4n) is 2.01. The summed E-state index contributed by atoms with van der Waals surface area (Å²) in [6, 6.07) is 6.87. The predicted octanol–water partition coefficient (Wildman–Crippen LogP) is 0.0814. The fourth-order valence-corrected chi connectivity index (χ4v) is 3.50. The third kappa shape index (κ3) is 2.72. The zero-order valence-corrected chi connectivity index (χ0v) is 11.4. The van der Waals surface area contributed by atoms with Crippen molar-refractivity contribution >= 4 is 10.0 Å². The van der Waals surface area contributed by atoms with Crippen molar-refractivity contribution in [1.29, 1.82) is 0 Å². The third-order valence-electron chi connectivity index (χ3n) is 3.23. The summed E-state index contributed by atoms with van der Waals surface area (Å²) in [5.74, 6) is 0. The molecule has 0 aromatic heterocycles. The predicted molar refractivity (Wildman–Crippen MR) is 70.6 cm³/mol. The zero-order chi connectivity index (χ0) is 13.2. The van der Waals surface area contributed by atoms with Crippen LogP contribution in [0.15, 0.2) is 29.2 Å². The summed E-state index contributed by atoms with van der Waals surface area (Å²) in [4.78, 5) is 2.47. The van der Waals surface area contributed by atoms with E-state index in [1.54, 1.807) is 22.5 Å². The van der Waals surface area contributed by atoms with Crippen LogP contribution >= 0.6 is 0 Å². The number of hydrogen-bond donors (Lipinski definition) is 1. The standard InChI is InChI=1S/C12H19N3O2S/c1-14-5-7-15(8-6-14)18(16,17)12-4-2-3-11(9-12)10-13/h2-4,9H,5-8,10,13H2,1H3. The van der Waals surface area contributed by atoms with Crippen LogP contribution < -0.4 is 5.73 Å². The first-order valence-corrected chi connectivity index (χ1v) is 7.46. The Labute approximate surface area is 108 Å². The first-order chi connectivity index (χ1) is 8.54. The third-order valence-corrected chi connectivity index (χ3v) is 5.13. The summed E-state index contributed by atoms with van der Waals surface area (Å²) in [5.41, 5.74) is 6.38. The van der Waals surface area contributed by atoms with Crippen molar-refractivity contribution in [2.24, 2.45) is 5.73 Å². The zero-order valence-electron chi connectivity index (χ0n) is 10.5. The van der Waals surface area contributed by atoms with Gasteiger partial charge >= 0.3 is 0 Å². The van der Waals surface area contributed by atoms with Gasteiger partial charge in [0.1, 0.15) is 0 Å². The molecule has 1 fully saturated rings. The smallest absolute Gasteiger partial charge is 0.243 e. The van der Waals surface area contributed by atoms with Gasteiger partial charge in [0.15, 0.2) is 0 Å². The summed E-state index contributed by atoms with van der Waals surface area (Å²) < 4.78 is 26.4. The molecule has 1 aromatic rings. The van der Waals surface area contributed by atoms with Crippen molar-refractivity contribution in [3.05, 3.63) is 29.8 Å². The van der Waals surface area contributed by atoms with Gasteiger partial charge in [-0.05, 0) is 24.7 Å². The number of rotatable bonds is 3. The van der Waals surface area contributed by atoms with E-state index >= 15 is 0 Å². The Morgan fingerprint density at radius 3 is 2.50 bits per heavy atom. The van der Waals surface area contributed by atoms with Gasteiger partial charge in [-0.15, -0.1) is 0 Å². The van der Waals surface area contributed by atoms with E-state index < -0.39 is 10.0 Å². The molecule has 0 atom stereocenters. The fraction of sp³-hybridized carbons (Fsp3) is 0.500. The van der Waals surface area contributed by atoms with Gasteiger partial charge in [-0.3, -0.25) is 0 Å². The molecule has 1 aromatic carbocycles. The van der Waals surface area contributed by atoms with Crippen LogP contribution in [0.3, 0.4) is 0 Å². The number of likely N-dealkylation sites (N-methyl/N-ethyl adjacent to an activating group) is 1. The molecular formula is C12H19N3O2S. The molecule has 1 heterocycles. The molecular weight excluding hydrogens is 250 g/mol. The van der Waals surface area contributed by atoms with Crippen LogP contribution in [0.1, 0.15) is 5.56 Å². The average Bonchev–Trinajstić information content (AvgIpc) is 2.39. The maximum Gasteiger partial charge on any atom is 0.243 e. The Balaban J connectivity index is 2.24. The topological polar surface area (TPSA) is 66.6 Å². The highest BCUT2D eigenvalue weighted by Crippen LogP contribution is 2.18. The van der Waals surface area contributed by atoms with E-state index in [1.165, 1.54) is 0 Å². The minimum Gasteiger partial charge on any atom is -0.326 e. The SMILES string of the molecule is CN1CCN(S(=O)(=O)c2cccc(CN)c2)CC1. The number of hydrogen-bond acceptors (Lipinski definition) is 4.